The minimum atomic E-state index is -0.775. The molecule has 51 heavy (non-hydrogen) atoms. The van der Waals surface area contributed by atoms with Crippen molar-refractivity contribution in [3.05, 3.63) is 97.1 Å². The molecule has 1 fully saturated rings. The van der Waals surface area contributed by atoms with Crippen LogP contribution in [0.2, 0.25) is 0 Å². The maximum Gasteiger partial charge on any atom is 0.122 e. The molecular weight excluding hydrogens is 729 g/mol. The Labute approximate surface area is 315 Å². The number of epoxide rings is 1. The first-order valence-electron chi connectivity index (χ1n) is 16.7. The second-order valence-electron chi connectivity index (χ2n) is 11.5. The van der Waals surface area contributed by atoms with Crippen LogP contribution in [0.15, 0.2) is 117 Å². The fourth-order valence-electron chi connectivity index (χ4n) is 4.25. The fraction of sp³-hybridized carbons (Fsp3) is 0.368. The number of rotatable bonds is 25. The highest BCUT2D eigenvalue weighted by molar-refractivity contribution is 8.77. The Balaban J connectivity index is 0.916. The molecular formula is C38H44O9S4. The van der Waals surface area contributed by atoms with E-state index in [1.54, 1.807) is 50.3 Å². The summed E-state index contributed by atoms with van der Waals surface area (Å²) in [7, 11) is 8.30. The van der Waals surface area contributed by atoms with Crippen LogP contribution in [0.25, 0.3) is 0 Å². The van der Waals surface area contributed by atoms with Crippen molar-refractivity contribution in [3.8, 4) is 23.0 Å². The van der Waals surface area contributed by atoms with Crippen LogP contribution in [-0.4, -0.2) is 88.5 Å². The van der Waals surface area contributed by atoms with Crippen molar-refractivity contribution in [2.45, 2.75) is 50.7 Å². The molecule has 1 aliphatic heterocycles. The average Bonchev–Trinajstić information content (AvgIpc) is 4.01. The largest absolute Gasteiger partial charge is 0.491 e. The average molecular weight is 773 g/mol. The predicted octanol–water partition coefficient (Wildman–Crippen LogP) is 8.06. The number of aliphatic hydroxyl groups is 2. The van der Waals surface area contributed by atoms with Crippen LogP contribution in [-0.2, 0) is 14.2 Å². The summed E-state index contributed by atoms with van der Waals surface area (Å²) in [6, 6.07) is 31.4. The van der Waals surface area contributed by atoms with Gasteiger partial charge in [0.05, 0.1) is 13.2 Å². The molecule has 1 heterocycles. The third-order valence-corrected chi connectivity index (χ3v) is 12.0. The molecule has 0 radical (unpaired) electrons. The van der Waals surface area contributed by atoms with Crippen molar-refractivity contribution in [2.24, 2.45) is 0 Å². The lowest BCUT2D eigenvalue weighted by Gasteiger charge is -2.14. The van der Waals surface area contributed by atoms with Crippen molar-refractivity contribution < 1.29 is 43.4 Å². The molecule has 2 N–H and O–H groups in total. The molecule has 3 unspecified atom stereocenters. The first-order valence-corrected chi connectivity index (χ1v) is 21.0. The lowest BCUT2D eigenvalue weighted by molar-refractivity contribution is 0.00988. The van der Waals surface area contributed by atoms with Gasteiger partial charge in [-0.25, -0.2) is 0 Å². The molecule has 4 aromatic carbocycles. The van der Waals surface area contributed by atoms with Gasteiger partial charge < -0.3 is 43.4 Å². The van der Waals surface area contributed by atoms with Gasteiger partial charge in [0.2, 0.25) is 0 Å². The van der Waals surface area contributed by atoms with E-state index in [4.69, 9.17) is 33.2 Å². The molecule has 1 saturated heterocycles. The maximum atomic E-state index is 10.4. The zero-order chi connectivity index (χ0) is 35.5. The number of methoxy groups -OCH3 is 1. The van der Waals surface area contributed by atoms with Crippen LogP contribution in [0.5, 0.6) is 23.0 Å². The second-order valence-corrected chi connectivity index (χ2v) is 16.1. The predicted molar refractivity (Wildman–Crippen MR) is 205 cm³/mol. The summed E-state index contributed by atoms with van der Waals surface area (Å²) in [4.78, 5) is 4.39. The summed E-state index contributed by atoms with van der Waals surface area (Å²) < 4.78 is 38.6. The van der Waals surface area contributed by atoms with E-state index in [2.05, 4.69) is 0 Å². The highest BCUT2D eigenvalue weighted by Gasteiger charge is 2.23. The van der Waals surface area contributed by atoms with Gasteiger partial charge in [-0.15, -0.1) is 0 Å². The van der Waals surface area contributed by atoms with Crippen molar-refractivity contribution in [1.29, 1.82) is 0 Å². The van der Waals surface area contributed by atoms with Gasteiger partial charge in [-0.3, -0.25) is 0 Å². The van der Waals surface area contributed by atoms with Crippen LogP contribution in [0.3, 0.4) is 0 Å². The summed E-state index contributed by atoms with van der Waals surface area (Å²) in [5.41, 5.74) is 0. The number of ether oxygens (including phenoxy) is 7. The number of aliphatic hydroxyl groups excluding tert-OH is 2. The molecule has 0 spiro atoms. The number of unbranched alkanes of at least 4 members (excludes halogenated alkanes) is 1. The van der Waals surface area contributed by atoms with Gasteiger partial charge in [-0.2, -0.15) is 0 Å². The molecule has 5 rings (SSSR count). The first-order chi connectivity index (χ1) is 25.0. The summed E-state index contributed by atoms with van der Waals surface area (Å²) in [5, 5.41) is 20.5. The lowest BCUT2D eigenvalue weighted by Crippen LogP contribution is -2.25. The van der Waals surface area contributed by atoms with Crippen LogP contribution in [0.4, 0.5) is 0 Å². The molecule has 9 nitrogen and oxygen atoms in total. The molecule has 1 aliphatic rings. The number of hydrogen-bond acceptors (Lipinski definition) is 13. The highest BCUT2D eigenvalue weighted by atomic mass is 33.1. The second kappa shape index (κ2) is 22.4. The van der Waals surface area contributed by atoms with Gasteiger partial charge in [0.1, 0.15) is 67.7 Å². The third kappa shape index (κ3) is 15.8. The van der Waals surface area contributed by atoms with Crippen molar-refractivity contribution in [1.82, 2.24) is 0 Å². The molecule has 0 aromatic heterocycles. The van der Waals surface area contributed by atoms with Gasteiger partial charge in [-0.1, -0.05) is 43.2 Å². The molecule has 0 bridgehead atoms. The quantitative estimate of drug-likeness (QED) is 0.0386. The minimum Gasteiger partial charge on any atom is -0.491 e. The van der Waals surface area contributed by atoms with E-state index in [0.29, 0.717) is 30.5 Å². The summed E-state index contributed by atoms with van der Waals surface area (Å²) >= 11 is 0. The van der Waals surface area contributed by atoms with Gasteiger partial charge in [0, 0.05) is 39.9 Å². The van der Waals surface area contributed by atoms with Crippen LogP contribution in [0, 0.1) is 0 Å². The molecule has 3 atom stereocenters. The maximum absolute atomic E-state index is 10.4. The summed E-state index contributed by atoms with van der Waals surface area (Å²) in [6.45, 7) is 3.38. The molecule has 0 amide bonds. The standard InChI is InChI=1S/C38H44O9S4/c1-41-20-2-3-21-42-22-28(39)23-43-30-4-12-35(13-5-30)48-49-36-14-6-31(7-15-36)44-24-29(40)25-45-32-8-16-37(17-9-32)50-51-38-18-10-33(11-19-38)46-26-34-27-47-34/h4-19,28-29,34,39-40H,2-3,20-27H2,1H3. The summed E-state index contributed by atoms with van der Waals surface area (Å²) in [6.07, 6.45) is 0.639. The Kier molecular flexibility index (Phi) is 17.3. The zero-order valence-corrected chi connectivity index (χ0v) is 31.7. The molecule has 4 aromatic rings. The van der Waals surface area contributed by atoms with Gasteiger partial charge >= 0.3 is 0 Å². The highest BCUT2D eigenvalue weighted by Crippen LogP contribution is 2.39. The van der Waals surface area contributed by atoms with Crippen LogP contribution < -0.4 is 18.9 Å². The van der Waals surface area contributed by atoms with Gasteiger partial charge in [0.15, 0.2) is 0 Å². The summed E-state index contributed by atoms with van der Waals surface area (Å²) in [5.74, 6) is 2.92. The smallest absolute Gasteiger partial charge is 0.122 e. The normalized spacial score (nSPS) is 14.8. The topological polar surface area (TPSA) is 108 Å². The number of benzene rings is 4. The minimum absolute atomic E-state index is 0.122. The molecule has 13 heteroatoms. The molecule has 0 saturated carbocycles. The van der Waals surface area contributed by atoms with Crippen molar-refractivity contribution in [3.63, 3.8) is 0 Å². The lowest BCUT2D eigenvalue weighted by atomic mass is 10.3. The zero-order valence-electron chi connectivity index (χ0n) is 28.4. The van der Waals surface area contributed by atoms with E-state index in [1.807, 2.05) is 97.1 Å². The fourth-order valence-corrected chi connectivity index (χ4v) is 8.12. The van der Waals surface area contributed by atoms with Crippen molar-refractivity contribution >= 4 is 43.2 Å². The third-order valence-electron chi connectivity index (χ3n) is 7.13. The Morgan fingerprint density at radius 3 is 1.27 bits per heavy atom. The van der Waals surface area contributed by atoms with E-state index >= 15 is 0 Å². The first kappa shape index (κ1) is 39.5. The Morgan fingerprint density at radius 2 is 0.902 bits per heavy atom. The monoisotopic (exact) mass is 772 g/mol. The van der Waals surface area contributed by atoms with E-state index in [0.717, 1.165) is 51.4 Å². The van der Waals surface area contributed by atoms with Crippen LogP contribution >= 0.6 is 43.2 Å². The van der Waals surface area contributed by atoms with E-state index < -0.39 is 12.2 Å². The van der Waals surface area contributed by atoms with E-state index in [1.165, 1.54) is 0 Å². The van der Waals surface area contributed by atoms with Gasteiger partial charge in [0.25, 0.3) is 0 Å². The van der Waals surface area contributed by atoms with Crippen molar-refractivity contribution in [2.75, 3.05) is 60.0 Å². The van der Waals surface area contributed by atoms with E-state index in [9.17, 15) is 10.2 Å². The van der Waals surface area contributed by atoms with Gasteiger partial charge in [-0.05, 0) is 110 Å². The van der Waals surface area contributed by atoms with E-state index in [-0.39, 0.29) is 32.5 Å². The molecule has 0 aliphatic carbocycles. The number of hydrogen-bond donors (Lipinski definition) is 2. The van der Waals surface area contributed by atoms with Crippen LogP contribution in [0.1, 0.15) is 12.8 Å². The Bertz CT molecular complexity index is 1520. The Morgan fingerprint density at radius 1 is 0.549 bits per heavy atom. The molecule has 274 valence electrons. The Hall–Kier alpha value is -2.72. The SMILES string of the molecule is COCCCCOCC(O)COc1ccc(SSc2ccc(OCC(O)COc3ccc(SSc4ccc(OCC5CO5)cc4)cc3)cc2)cc1.